The van der Waals surface area contributed by atoms with Gasteiger partial charge in [-0.15, -0.1) is 0 Å². The Hall–Kier alpha value is -0.910. The van der Waals surface area contributed by atoms with Crippen LogP contribution in [0.15, 0.2) is 30.3 Å². The van der Waals surface area contributed by atoms with E-state index in [1.54, 1.807) is 11.4 Å². The van der Waals surface area contributed by atoms with E-state index in [0.29, 0.717) is 30.5 Å². The fraction of sp³-hybridized carbons (Fsp3) is 0.600. The second kappa shape index (κ2) is 4.29. The van der Waals surface area contributed by atoms with Crippen LogP contribution >= 0.6 is 0 Å². The van der Waals surface area contributed by atoms with E-state index in [2.05, 4.69) is 0 Å². The first kappa shape index (κ1) is 12.8. The van der Waals surface area contributed by atoms with Crippen molar-refractivity contribution in [2.75, 3.05) is 7.05 Å². The Kier molecular flexibility index (Phi) is 2.75. The Bertz CT molecular complexity index is 600. The van der Waals surface area contributed by atoms with Crippen LogP contribution in [0.1, 0.15) is 24.8 Å². The van der Waals surface area contributed by atoms with Gasteiger partial charge in [0, 0.05) is 25.7 Å². The highest BCUT2D eigenvalue weighted by Crippen LogP contribution is 2.59. The van der Waals surface area contributed by atoms with Crippen LogP contribution in [0.2, 0.25) is 0 Å². The highest BCUT2D eigenvalue weighted by atomic mass is 32.2. The van der Waals surface area contributed by atoms with Gasteiger partial charge in [-0.05, 0) is 36.7 Å². The third-order valence-electron chi connectivity index (χ3n) is 5.24. The van der Waals surface area contributed by atoms with Gasteiger partial charge in [-0.1, -0.05) is 30.3 Å². The molecule has 20 heavy (non-hydrogen) atoms. The van der Waals surface area contributed by atoms with E-state index in [1.807, 2.05) is 30.3 Å². The van der Waals surface area contributed by atoms with Crippen molar-refractivity contribution in [2.24, 2.45) is 11.8 Å². The number of fused-ring (bicyclic) bond motifs is 5. The van der Waals surface area contributed by atoms with Gasteiger partial charge in [0.1, 0.15) is 0 Å². The predicted molar refractivity (Wildman–Crippen MR) is 77.1 cm³/mol. The minimum Gasteiger partial charge on any atom is -0.195 e. The van der Waals surface area contributed by atoms with Gasteiger partial charge < -0.3 is 0 Å². The predicted octanol–water partition coefficient (Wildman–Crippen LogP) is 1.85. The Morgan fingerprint density at radius 1 is 1.15 bits per heavy atom. The fourth-order valence-corrected chi connectivity index (χ4v) is 6.07. The van der Waals surface area contributed by atoms with Crippen molar-refractivity contribution in [1.82, 2.24) is 8.61 Å². The summed E-state index contributed by atoms with van der Waals surface area (Å²) in [6.07, 6.45) is 3.70. The molecule has 108 valence electrons. The second-order valence-electron chi connectivity index (χ2n) is 6.39. The highest BCUT2D eigenvalue weighted by Gasteiger charge is 2.68. The largest absolute Gasteiger partial charge is 0.282 e. The SMILES string of the molecule is CN(Cc1ccccc1)S(=O)(=O)N1[C@@H]2[C@H]3CC[C@@H](C3)[C@H]21. The standard InChI is InChI=1S/C15H20N2O2S/c1-16(10-11-5-3-2-4-6-11)20(18,19)17-14-12-7-8-13(9-12)15(14)17/h2-6,12-15H,7-10H2,1H3/t12-,13-,14+,15+/m0/s1. The Morgan fingerprint density at radius 3 is 2.35 bits per heavy atom. The van der Waals surface area contributed by atoms with Gasteiger partial charge in [-0.2, -0.15) is 17.0 Å². The van der Waals surface area contributed by atoms with Crippen molar-refractivity contribution in [3.8, 4) is 0 Å². The number of hydrogen-bond acceptors (Lipinski definition) is 2. The van der Waals surface area contributed by atoms with E-state index >= 15 is 0 Å². The third-order valence-corrected chi connectivity index (χ3v) is 7.17. The molecular formula is C15H20N2O2S. The lowest BCUT2D eigenvalue weighted by molar-refractivity contribution is 0.392. The lowest BCUT2D eigenvalue weighted by atomic mass is 10.0. The number of hydrogen-bond donors (Lipinski definition) is 0. The second-order valence-corrected chi connectivity index (χ2v) is 8.33. The van der Waals surface area contributed by atoms with E-state index in [0.717, 1.165) is 5.56 Å². The van der Waals surface area contributed by atoms with E-state index in [1.165, 1.54) is 23.6 Å². The quantitative estimate of drug-likeness (QED) is 0.795. The van der Waals surface area contributed by atoms with Gasteiger partial charge >= 0.3 is 0 Å². The summed E-state index contributed by atoms with van der Waals surface area (Å²) in [7, 11) is -1.59. The van der Waals surface area contributed by atoms with Crippen LogP contribution in [-0.4, -0.2) is 36.2 Å². The van der Waals surface area contributed by atoms with Crippen molar-refractivity contribution in [1.29, 1.82) is 0 Å². The number of benzene rings is 1. The zero-order chi connectivity index (χ0) is 13.9. The van der Waals surface area contributed by atoms with Crippen molar-refractivity contribution in [3.63, 3.8) is 0 Å². The molecule has 4 rings (SSSR count). The monoisotopic (exact) mass is 292 g/mol. The molecule has 1 aromatic rings. The molecule has 3 fully saturated rings. The summed E-state index contributed by atoms with van der Waals surface area (Å²) in [6.45, 7) is 0.453. The third kappa shape index (κ3) is 1.76. The van der Waals surface area contributed by atoms with Crippen LogP contribution in [0.3, 0.4) is 0 Å². The highest BCUT2D eigenvalue weighted by molar-refractivity contribution is 7.87. The van der Waals surface area contributed by atoms with Crippen molar-refractivity contribution < 1.29 is 8.42 Å². The topological polar surface area (TPSA) is 40.4 Å². The van der Waals surface area contributed by atoms with Crippen LogP contribution in [-0.2, 0) is 16.8 Å². The molecule has 0 unspecified atom stereocenters. The first-order valence-electron chi connectivity index (χ1n) is 7.38. The molecule has 0 spiro atoms. The molecule has 3 aliphatic rings. The summed E-state index contributed by atoms with van der Waals surface area (Å²) in [4.78, 5) is 0. The molecule has 0 N–H and O–H groups in total. The van der Waals surface area contributed by atoms with Crippen molar-refractivity contribution in [3.05, 3.63) is 35.9 Å². The van der Waals surface area contributed by atoms with Gasteiger partial charge in [0.25, 0.3) is 10.2 Å². The fourth-order valence-electron chi connectivity index (χ4n) is 4.28. The summed E-state index contributed by atoms with van der Waals surface area (Å²) in [5.74, 6) is 1.26. The molecule has 1 saturated heterocycles. The van der Waals surface area contributed by atoms with Crippen LogP contribution in [0, 0.1) is 11.8 Å². The Morgan fingerprint density at radius 2 is 1.75 bits per heavy atom. The van der Waals surface area contributed by atoms with E-state index in [9.17, 15) is 8.42 Å². The minimum atomic E-state index is -3.28. The molecule has 2 bridgehead atoms. The normalized spacial score (nSPS) is 38.2. The van der Waals surface area contributed by atoms with Crippen LogP contribution in [0.5, 0.6) is 0 Å². The van der Waals surface area contributed by atoms with Crippen molar-refractivity contribution >= 4 is 10.2 Å². The van der Waals surface area contributed by atoms with Gasteiger partial charge in [-0.25, -0.2) is 0 Å². The zero-order valence-electron chi connectivity index (χ0n) is 11.6. The summed E-state index contributed by atoms with van der Waals surface area (Å²) in [5.41, 5.74) is 1.04. The van der Waals surface area contributed by atoms with E-state index < -0.39 is 10.2 Å². The molecule has 1 aliphatic heterocycles. The number of nitrogens with zero attached hydrogens (tertiary/aromatic N) is 2. The van der Waals surface area contributed by atoms with Gasteiger partial charge in [0.2, 0.25) is 0 Å². The molecule has 1 aromatic carbocycles. The molecule has 1 heterocycles. The Labute approximate surface area is 120 Å². The van der Waals surface area contributed by atoms with Gasteiger partial charge in [0.05, 0.1) is 0 Å². The van der Waals surface area contributed by atoms with Crippen LogP contribution in [0.25, 0.3) is 0 Å². The summed E-state index contributed by atoms with van der Waals surface area (Å²) >= 11 is 0. The summed E-state index contributed by atoms with van der Waals surface area (Å²) < 4.78 is 28.6. The molecule has 0 radical (unpaired) electrons. The maximum absolute atomic E-state index is 12.7. The molecule has 4 nitrogen and oxygen atoms in total. The lowest BCUT2D eigenvalue weighted by Gasteiger charge is -2.21. The van der Waals surface area contributed by atoms with Crippen LogP contribution in [0.4, 0.5) is 0 Å². The molecule has 2 saturated carbocycles. The molecular weight excluding hydrogens is 272 g/mol. The summed E-state index contributed by atoms with van der Waals surface area (Å²) in [6, 6.07) is 10.4. The number of rotatable bonds is 4. The maximum Gasteiger partial charge on any atom is 0.282 e. The molecule has 0 amide bonds. The smallest absolute Gasteiger partial charge is 0.195 e. The van der Waals surface area contributed by atoms with E-state index in [-0.39, 0.29) is 0 Å². The van der Waals surface area contributed by atoms with E-state index in [4.69, 9.17) is 0 Å². The number of piperidine rings is 1. The first-order valence-corrected chi connectivity index (χ1v) is 8.77. The summed E-state index contributed by atoms with van der Waals surface area (Å²) in [5, 5.41) is 0. The first-order chi connectivity index (χ1) is 9.59. The molecule has 5 heteroatoms. The molecule has 0 aromatic heterocycles. The maximum atomic E-state index is 12.7. The van der Waals surface area contributed by atoms with Crippen LogP contribution < -0.4 is 0 Å². The average molecular weight is 292 g/mol. The van der Waals surface area contributed by atoms with Crippen molar-refractivity contribution in [2.45, 2.75) is 37.9 Å². The van der Waals surface area contributed by atoms with Gasteiger partial charge in [0.15, 0.2) is 0 Å². The Balaban J connectivity index is 1.51. The average Bonchev–Trinajstić information content (AvgIpc) is 2.92. The lowest BCUT2D eigenvalue weighted by Crippen LogP contribution is -2.35. The van der Waals surface area contributed by atoms with Gasteiger partial charge in [-0.3, -0.25) is 0 Å². The molecule has 4 atom stereocenters. The zero-order valence-corrected chi connectivity index (χ0v) is 12.5. The molecule has 2 aliphatic carbocycles. The minimum absolute atomic E-state index is 0.317.